The monoisotopic (exact) mass is 281 g/mol. The van der Waals surface area contributed by atoms with Gasteiger partial charge in [0.1, 0.15) is 0 Å². The Morgan fingerprint density at radius 2 is 1.89 bits per heavy atom. The van der Waals surface area contributed by atoms with Gasteiger partial charge in [-0.1, -0.05) is 12.1 Å². The van der Waals surface area contributed by atoms with Crippen molar-refractivity contribution in [1.82, 2.24) is 9.84 Å². The highest BCUT2D eigenvalue weighted by Crippen LogP contribution is 2.11. The van der Waals surface area contributed by atoms with Gasteiger partial charge in [-0.15, -0.1) is 4.83 Å². The first-order chi connectivity index (χ1) is 9.12. The van der Waals surface area contributed by atoms with Crippen LogP contribution in [-0.2, 0) is 21.2 Å². The van der Waals surface area contributed by atoms with Gasteiger partial charge in [0.15, 0.2) is 0 Å². The van der Waals surface area contributed by atoms with E-state index in [1.807, 2.05) is 6.07 Å². The van der Waals surface area contributed by atoms with Crippen LogP contribution in [0.25, 0.3) is 0 Å². The first kappa shape index (κ1) is 14.0. The number of hydrogen-bond acceptors (Lipinski definition) is 5. The second kappa shape index (κ2) is 6.12. The summed E-state index contributed by atoms with van der Waals surface area (Å²) < 4.78 is 29.4. The molecule has 1 fully saturated rings. The molecular weight excluding hydrogens is 266 g/mol. The molecule has 0 spiro atoms. The van der Waals surface area contributed by atoms with Crippen LogP contribution in [0.15, 0.2) is 29.2 Å². The van der Waals surface area contributed by atoms with E-state index in [9.17, 15) is 8.42 Å². The molecule has 0 atom stereocenters. The molecule has 2 rings (SSSR count). The lowest BCUT2D eigenvalue weighted by Gasteiger charge is -2.26. The van der Waals surface area contributed by atoms with E-state index in [1.165, 1.54) is 12.1 Å². The number of morpholine rings is 1. The highest BCUT2D eigenvalue weighted by molar-refractivity contribution is 7.89. The van der Waals surface area contributed by atoms with Gasteiger partial charge >= 0.3 is 0 Å². The highest BCUT2D eigenvalue weighted by atomic mass is 32.2. The second-order valence-electron chi connectivity index (χ2n) is 4.17. The number of rotatable bonds is 4. The average molecular weight is 281 g/mol. The topological polar surface area (TPSA) is 82.4 Å². The molecule has 0 aliphatic carbocycles. The van der Waals surface area contributed by atoms with Gasteiger partial charge in [0, 0.05) is 13.1 Å². The third-order valence-electron chi connectivity index (χ3n) is 2.78. The molecule has 0 amide bonds. The predicted octanol–water partition coefficient (Wildman–Crippen LogP) is 0.278. The SMILES string of the molecule is N#CCc1ccc(S(=O)(=O)NN2CCOCC2)cc1. The fraction of sp³-hybridized carbons (Fsp3) is 0.417. The highest BCUT2D eigenvalue weighted by Gasteiger charge is 2.19. The maximum Gasteiger partial charge on any atom is 0.253 e. The Morgan fingerprint density at radius 3 is 2.47 bits per heavy atom. The van der Waals surface area contributed by atoms with E-state index in [2.05, 4.69) is 4.83 Å². The lowest BCUT2D eigenvalue weighted by molar-refractivity contribution is 0.0272. The van der Waals surface area contributed by atoms with Crippen molar-refractivity contribution < 1.29 is 13.2 Å². The molecule has 0 bridgehead atoms. The smallest absolute Gasteiger partial charge is 0.253 e. The summed E-state index contributed by atoms with van der Waals surface area (Å²) in [5.41, 5.74) is 0.799. The zero-order valence-corrected chi connectivity index (χ0v) is 11.2. The van der Waals surface area contributed by atoms with E-state index < -0.39 is 10.0 Å². The molecule has 102 valence electrons. The molecule has 1 heterocycles. The molecule has 0 aromatic heterocycles. The molecule has 1 aromatic rings. The minimum Gasteiger partial charge on any atom is -0.379 e. The van der Waals surface area contributed by atoms with Gasteiger partial charge in [-0.2, -0.15) is 5.26 Å². The number of nitrogens with one attached hydrogen (secondary N) is 1. The van der Waals surface area contributed by atoms with Crippen molar-refractivity contribution in [2.24, 2.45) is 0 Å². The summed E-state index contributed by atoms with van der Waals surface area (Å²) in [7, 11) is -3.55. The van der Waals surface area contributed by atoms with Crippen LogP contribution in [-0.4, -0.2) is 39.7 Å². The van der Waals surface area contributed by atoms with Gasteiger partial charge in [-0.25, -0.2) is 13.4 Å². The second-order valence-corrected chi connectivity index (χ2v) is 5.83. The van der Waals surface area contributed by atoms with Gasteiger partial charge in [-0.05, 0) is 17.7 Å². The maximum absolute atomic E-state index is 12.1. The molecule has 1 N–H and O–H groups in total. The summed E-state index contributed by atoms with van der Waals surface area (Å²) in [6.07, 6.45) is 0.275. The van der Waals surface area contributed by atoms with Crippen molar-refractivity contribution in [3.63, 3.8) is 0 Å². The van der Waals surface area contributed by atoms with E-state index in [4.69, 9.17) is 10.00 Å². The lowest BCUT2D eigenvalue weighted by Crippen LogP contribution is -2.48. The molecule has 7 heteroatoms. The summed E-state index contributed by atoms with van der Waals surface area (Å²) >= 11 is 0. The summed E-state index contributed by atoms with van der Waals surface area (Å²) in [5, 5.41) is 10.2. The third-order valence-corrected chi connectivity index (χ3v) is 4.17. The Morgan fingerprint density at radius 1 is 1.26 bits per heavy atom. The molecule has 0 saturated carbocycles. The van der Waals surface area contributed by atoms with Crippen LogP contribution in [0.5, 0.6) is 0 Å². The van der Waals surface area contributed by atoms with Gasteiger partial charge < -0.3 is 4.74 Å². The van der Waals surface area contributed by atoms with Crippen LogP contribution in [0.1, 0.15) is 5.56 Å². The van der Waals surface area contributed by atoms with Gasteiger partial charge in [0.25, 0.3) is 10.0 Å². The number of benzene rings is 1. The molecule has 0 radical (unpaired) electrons. The van der Waals surface area contributed by atoms with E-state index in [0.29, 0.717) is 26.3 Å². The first-order valence-electron chi connectivity index (χ1n) is 5.93. The molecule has 0 unspecified atom stereocenters. The first-order valence-corrected chi connectivity index (χ1v) is 7.41. The van der Waals surface area contributed by atoms with Crippen LogP contribution in [0.3, 0.4) is 0 Å². The van der Waals surface area contributed by atoms with Gasteiger partial charge in [0.2, 0.25) is 0 Å². The maximum atomic E-state index is 12.1. The average Bonchev–Trinajstić information content (AvgIpc) is 2.40. The van der Waals surface area contributed by atoms with Crippen molar-refractivity contribution in [2.45, 2.75) is 11.3 Å². The molecule has 19 heavy (non-hydrogen) atoms. The quantitative estimate of drug-likeness (QED) is 0.857. The van der Waals surface area contributed by atoms with Crippen molar-refractivity contribution in [3.05, 3.63) is 29.8 Å². The zero-order chi connectivity index (χ0) is 13.7. The van der Waals surface area contributed by atoms with E-state index >= 15 is 0 Å². The number of nitriles is 1. The normalized spacial score (nSPS) is 17.0. The summed E-state index contributed by atoms with van der Waals surface area (Å²) in [4.78, 5) is 2.72. The Hall–Kier alpha value is -1.46. The summed E-state index contributed by atoms with van der Waals surface area (Å²) in [5.74, 6) is 0. The number of hydrogen-bond donors (Lipinski definition) is 1. The van der Waals surface area contributed by atoms with E-state index in [1.54, 1.807) is 17.1 Å². The summed E-state index contributed by atoms with van der Waals surface area (Å²) in [6, 6.07) is 8.34. The number of ether oxygens (including phenoxy) is 1. The molecule has 6 nitrogen and oxygen atoms in total. The van der Waals surface area contributed by atoms with Crippen molar-refractivity contribution in [3.8, 4) is 6.07 Å². The predicted molar refractivity (Wildman–Crippen MR) is 68.5 cm³/mol. The van der Waals surface area contributed by atoms with E-state index in [0.717, 1.165) is 5.56 Å². The standard InChI is InChI=1S/C12H15N3O3S/c13-6-5-11-1-3-12(4-2-11)19(16,17)14-15-7-9-18-10-8-15/h1-4,14H,5,7-10H2. The number of hydrazine groups is 1. The van der Waals surface area contributed by atoms with Crippen LogP contribution >= 0.6 is 0 Å². The Bertz CT molecular complexity index is 557. The fourth-order valence-corrected chi connectivity index (χ4v) is 2.88. The van der Waals surface area contributed by atoms with Gasteiger partial charge in [-0.3, -0.25) is 0 Å². The van der Waals surface area contributed by atoms with Crippen LogP contribution < -0.4 is 4.83 Å². The molecule has 1 aliphatic heterocycles. The Kier molecular flexibility index (Phi) is 4.50. The molecule has 1 aliphatic rings. The van der Waals surface area contributed by atoms with Crippen LogP contribution in [0, 0.1) is 11.3 Å². The van der Waals surface area contributed by atoms with Crippen LogP contribution in [0.2, 0.25) is 0 Å². The van der Waals surface area contributed by atoms with Gasteiger partial charge in [0.05, 0.1) is 30.6 Å². The van der Waals surface area contributed by atoms with E-state index in [-0.39, 0.29) is 11.3 Å². The third kappa shape index (κ3) is 3.75. The molecule has 1 aromatic carbocycles. The summed E-state index contributed by atoms with van der Waals surface area (Å²) in [6.45, 7) is 2.10. The van der Waals surface area contributed by atoms with Crippen molar-refractivity contribution in [2.75, 3.05) is 26.3 Å². The Balaban J connectivity index is 2.08. The number of nitrogens with zero attached hydrogens (tertiary/aromatic N) is 2. The largest absolute Gasteiger partial charge is 0.379 e. The minimum absolute atomic E-state index is 0.195. The lowest BCUT2D eigenvalue weighted by atomic mass is 10.2. The minimum atomic E-state index is -3.55. The zero-order valence-electron chi connectivity index (χ0n) is 10.4. The molecular formula is C12H15N3O3S. The van der Waals surface area contributed by atoms with Crippen molar-refractivity contribution >= 4 is 10.0 Å². The molecule has 1 saturated heterocycles. The number of sulfonamides is 1. The fourth-order valence-electron chi connectivity index (χ4n) is 1.76. The van der Waals surface area contributed by atoms with Crippen LogP contribution in [0.4, 0.5) is 0 Å². The van der Waals surface area contributed by atoms with Crippen molar-refractivity contribution in [1.29, 1.82) is 5.26 Å². The Labute approximate surface area is 112 Å².